The molecule has 1 aliphatic carbocycles. The molecule has 76 valence electrons. The Morgan fingerprint density at radius 3 is 2.38 bits per heavy atom. The van der Waals surface area contributed by atoms with Crippen LogP contribution in [0.3, 0.4) is 0 Å². The lowest BCUT2D eigenvalue weighted by molar-refractivity contribution is 0.0361. The molecule has 0 aromatic heterocycles. The Bertz CT molecular complexity index is 154. The van der Waals surface area contributed by atoms with Crippen molar-refractivity contribution >= 4 is 0 Å². The van der Waals surface area contributed by atoms with E-state index in [0.29, 0.717) is 0 Å². The fourth-order valence-corrected chi connectivity index (χ4v) is 2.76. The largest absolute Gasteiger partial charge is 0.392 e. The van der Waals surface area contributed by atoms with Gasteiger partial charge in [-0.05, 0) is 32.2 Å². The quantitative estimate of drug-likeness (QED) is 0.670. The monoisotopic (exact) mass is 183 g/mol. The smallest absolute Gasteiger partial charge is 0.0667 e. The van der Waals surface area contributed by atoms with Crippen molar-refractivity contribution in [2.45, 2.75) is 57.1 Å². The summed E-state index contributed by atoms with van der Waals surface area (Å²) in [5.41, 5.74) is 0. The summed E-state index contributed by atoms with van der Waals surface area (Å²) in [4.78, 5) is 2.52. The summed E-state index contributed by atoms with van der Waals surface area (Å²) in [6.45, 7) is 2.16. The van der Waals surface area contributed by atoms with E-state index in [0.717, 1.165) is 19.0 Å². The predicted molar refractivity (Wildman–Crippen MR) is 53.7 cm³/mol. The number of aliphatic hydroxyl groups is 1. The molecule has 0 radical (unpaired) electrons. The van der Waals surface area contributed by atoms with Crippen LogP contribution in [0.15, 0.2) is 0 Å². The zero-order valence-corrected chi connectivity index (χ0v) is 8.41. The van der Waals surface area contributed by atoms with E-state index < -0.39 is 0 Å². The molecule has 0 bridgehead atoms. The summed E-state index contributed by atoms with van der Waals surface area (Å²) in [5.74, 6) is 0. The van der Waals surface area contributed by atoms with Crippen molar-refractivity contribution < 1.29 is 5.11 Å². The summed E-state index contributed by atoms with van der Waals surface area (Å²) < 4.78 is 0. The van der Waals surface area contributed by atoms with Crippen LogP contribution in [0.5, 0.6) is 0 Å². The van der Waals surface area contributed by atoms with Crippen molar-refractivity contribution in [3.63, 3.8) is 0 Å². The molecule has 0 spiro atoms. The lowest BCUT2D eigenvalue weighted by atomic mass is 9.92. The van der Waals surface area contributed by atoms with E-state index in [1.54, 1.807) is 0 Å². The van der Waals surface area contributed by atoms with E-state index in [-0.39, 0.29) is 6.10 Å². The van der Waals surface area contributed by atoms with Gasteiger partial charge in [0, 0.05) is 12.6 Å². The minimum Gasteiger partial charge on any atom is -0.392 e. The van der Waals surface area contributed by atoms with Crippen LogP contribution in [-0.4, -0.2) is 35.2 Å². The molecular formula is C11H21NO. The minimum atomic E-state index is -0.0457. The molecule has 2 heteroatoms. The average Bonchev–Trinajstić information content (AvgIpc) is 2.19. The second-order valence-corrected chi connectivity index (χ2v) is 4.58. The Labute approximate surface area is 80.9 Å². The number of hydrogen-bond acceptors (Lipinski definition) is 2. The van der Waals surface area contributed by atoms with Gasteiger partial charge in [0.2, 0.25) is 0 Å². The van der Waals surface area contributed by atoms with Gasteiger partial charge in [0.1, 0.15) is 0 Å². The fraction of sp³-hybridized carbons (Fsp3) is 1.00. The summed E-state index contributed by atoms with van der Waals surface area (Å²) in [6.07, 6.45) is 9.12. The number of aliphatic hydroxyl groups excluding tert-OH is 1. The van der Waals surface area contributed by atoms with Gasteiger partial charge < -0.3 is 5.11 Å². The highest BCUT2D eigenvalue weighted by atomic mass is 16.3. The summed E-state index contributed by atoms with van der Waals surface area (Å²) >= 11 is 0. The Hall–Kier alpha value is -0.0800. The number of likely N-dealkylation sites (tertiary alicyclic amines) is 1. The highest BCUT2D eigenvalue weighted by molar-refractivity contribution is 4.80. The van der Waals surface area contributed by atoms with Crippen molar-refractivity contribution in [2.75, 3.05) is 13.1 Å². The lowest BCUT2D eigenvalue weighted by Crippen LogP contribution is -2.45. The van der Waals surface area contributed by atoms with Crippen molar-refractivity contribution in [2.24, 2.45) is 0 Å². The van der Waals surface area contributed by atoms with Crippen LogP contribution in [0.4, 0.5) is 0 Å². The molecule has 1 saturated carbocycles. The Morgan fingerprint density at radius 2 is 1.69 bits per heavy atom. The Kier molecular flexibility index (Phi) is 3.23. The van der Waals surface area contributed by atoms with Gasteiger partial charge in [0.25, 0.3) is 0 Å². The molecule has 2 fully saturated rings. The van der Waals surface area contributed by atoms with Crippen LogP contribution in [-0.2, 0) is 0 Å². The first kappa shape index (κ1) is 9.47. The van der Waals surface area contributed by atoms with E-state index >= 15 is 0 Å². The van der Waals surface area contributed by atoms with Crippen molar-refractivity contribution in [3.8, 4) is 0 Å². The molecule has 0 aromatic carbocycles. The highest BCUT2D eigenvalue weighted by Crippen LogP contribution is 2.25. The molecule has 1 heterocycles. The normalized spacial score (nSPS) is 33.5. The van der Waals surface area contributed by atoms with Crippen LogP contribution in [0.1, 0.15) is 44.9 Å². The number of hydrogen-bond donors (Lipinski definition) is 1. The zero-order chi connectivity index (χ0) is 9.10. The maximum absolute atomic E-state index is 9.57. The second-order valence-electron chi connectivity index (χ2n) is 4.58. The van der Waals surface area contributed by atoms with Gasteiger partial charge in [-0.25, -0.2) is 0 Å². The fourth-order valence-electron chi connectivity index (χ4n) is 2.76. The van der Waals surface area contributed by atoms with E-state index in [1.807, 2.05) is 0 Å². The van der Waals surface area contributed by atoms with E-state index in [4.69, 9.17) is 0 Å². The van der Waals surface area contributed by atoms with Crippen LogP contribution in [0, 0.1) is 0 Å². The molecule has 0 aromatic rings. The molecule has 0 unspecified atom stereocenters. The van der Waals surface area contributed by atoms with Gasteiger partial charge in [-0.1, -0.05) is 19.3 Å². The Morgan fingerprint density at radius 1 is 0.923 bits per heavy atom. The van der Waals surface area contributed by atoms with Crippen LogP contribution in [0.2, 0.25) is 0 Å². The number of β-amino-alcohol motifs (C(OH)–C–C–N with tert-alkyl or cyclic N) is 1. The van der Waals surface area contributed by atoms with Gasteiger partial charge in [0.15, 0.2) is 0 Å². The van der Waals surface area contributed by atoms with Crippen LogP contribution >= 0.6 is 0 Å². The third-order valence-electron chi connectivity index (χ3n) is 3.52. The van der Waals surface area contributed by atoms with Crippen molar-refractivity contribution in [1.82, 2.24) is 4.90 Å². The van der Waals surface area contributed by atoms with Crippen LogP contribution in [0.25, 0.3) is 0 Å². The average molecular weight is 183 g/mol. The molecule has 2 rings (SSSR count). The van der Waals surface area contributed by atoms with Gasteiger partial charge >= 0.3 is 0 Å². The predicted octanol–water partition coefficient (Wildman–Crippen LogP) is 1.78. The van der Waals surface area contributed by atoms with E-state index in [9.17, 15) is 5.11 Å². The van der Waals surface area contributed by atoms with Gasteiger partial charge in [-0.2, -0.15) is 0 Å². The molecule has 1 N–H and O–H groups in total. The molecule has 1 aliphatic heterocycles. The Balaban J connectivity index is 1.83. The number of piperidine rings is 1. The summed E-state index contributed by atoms with van der Waals surface area (Å²) in [7, 11) is 0. The van der Waals surface area contributed by atoms with Crippen molar-refractivity contribution in [3.05, 3.63) is 0 Å². The highest BCUT2D eigenvalue weighted by Gasteiger charge is 2.25. The third kappa shape index (κ3) is 2.44. The summed E-state index contributed by atoms with van der Waals surface area (Å²) in [6, 6.07) is 0.795. The first-order chi connectivity index (χ1) is 6.36. The maximum atomic E-state index is 9.57. The van der Waals surface area contributed by atoms with Gasteiger partial charge in [-0.3, -0.25) is 4.90 Å². The standard InChI is InChI=1S/C11H21NO/c13-11-7-4-8-12(9-11)10-5-2-1-3-6-10/h10-11,13H,1-9H2/t11-/m1/s1. The molecule has 13 heavy (non-hydrogen) atoms. The molecule has 2 nitrogen and oxygen atoms in total. The molecular weight excluding hydrogens is 162 g/mol. The number of nitrogens with zero attached hydrogens (tertiary/aromatic N) is 1. The van der Waals surface area contributed by atoms with E-state index in [1.165, 1.54) is 45.1 Å². The molecule has 1 atom stereocenters. The third-order valence-corrected chi connectivity index (χ3v) is 3.52. The van der Waals surface area contributed by atoms with Gasteiger partial charge in [0.05, 0.1) is 6.10 Å². The first-order valence-corrected chi connectivity index (χ1v) is 5.78. The molecule has 0 amide bonds. The first-order valence-electron chi connectivity index (χ1n) is 5.78. The second kappa shape index (κ2) is 4.43. The van der Waals surface area contributed by atoms with Crippen LogP contribution < -0.4 is 0 Å². The minimum absolute atomic E-state index is 0.0457. The van der Waals surface area contributed by atoms with Crippen molar-refractivity contribution in [1.29, 1.82) is 0 Å². The number of rotatable bonds is 1. The van der Waals surface area contributed by atoms with E-state index in [2.05, 4.69) is 4.90 Å². The topological polar surface area (TPSA) is 23.5 Å². The zero-order valence-electron chi connectivity index (χ0n) is 8.41. The molecule has 2 aliphatic rings. The lowest BCUT2D eigenvalue weighted by Gasteiger charge is -2.38. The summed E-state index contributed by atoms with van der Waals surface area (Å²) in [5, 5.41) is 9.57. The SMILES string of the molecule is O[C@@H]1CCCN(C2CCCCC2)C1. The molecule has 1 saturated heterocycles. The van der Waals surface area contributed by atoms with Gasteiger partial charge in [-0.15, -0.1) is 0 Å². The maximum Gasteiger partial charge on any atom is 0.0667 e.